The number of aromatic nitrogens is 2. The van der Waals surface area contributed by atoms with Crippen LogP contribution in [0.25, 0.3) is 0 Å². The van der Waals surface area contributed by atoms with Gasteiger partial charge in [0, 0.05) is 43.6 Å². The summed E-state index contributed by atoms with van der Waals surface area (Å²) in [5, 5.41) is 3.47. The quantitative estimate of drug-likeness (QED) is 0.835. The van der Waals surface area contributed by atoms with E-state index in [2.05, 4.69) is 55.4 Å². The van der Waals surface area contributed by atoms with Crippen molar-refractivity contribution >= 4 is 23.0 Å². The van der Waals surface area contributed by atoms with Gasteiger partial charge in [-0.25, -0.2) is 9.97 Å². The van der Waals surface area contributed by atoms with Crippen LogP contribution >= 0.6 is 0 Å². The molecule has 144 valence electrons. The first-order valence-electron chi connectivity index (χ1n) is 10.5. The third-order valence-corrected chi connectivity index (χ3v) is 5.62. The molecule has 3 heterocycles. The lowest BCUT2D eigenvalue weighted by atomic mass is 10.1. The van der Waals surface area contributed by atoms with E-state index in [0.29, 0.717) is 0 Å². The zero-order valence-electron chi connectivity index (χ0n) is 16.5. The number of benzene rings is 1. The summed E-state index contributed by atoms with van der Waals surface area (Å²) in [6.45, 7) is 6.53. The van der Waals surface area contributed by atoms with Crippen LogP contribution < -0.4 is 15.1 Å². The third kappa shape index (κ3) is 4.71. The highest BCUT2D eigenvalue weighted by atomic mass is 15.2. The molecule has 1 aromatic carbocycles. The smallest absolute Gasteiger partial charge is 0.136 e. The Bertz CT molecular complexity index is 729. The predicted molar refractivity (Wildman–Crippen MR) is 113 cm³/mol. The van der Waals surface area contributed by atoms with Crippen molar-refractivity contribution in [2.24, 2.45) is 0 Å². The van der Waals surface area contributed by atoms with Crippen molar-refractivity contribution < 1.29 is 0 Å². The second-order valence-corrected chi connectivity index (χ2v) is 7.78. The fourth-order valence-electron chi connectivity index (χ4n) is 4.13. The van der Waals surface area contributed by atoms with Gasteiger partial charge in [0.15, 0.2) is 0 Å². The van der Waals surface area contributed by atoms with E-state index in [-0.39, 0.29) is 0 Å². The first-order valence-corrected chi connectivity index (χ1v) is 10.5. The molecule has 0 saturated carbocycles. The predicted octanol–water partition coefficient (Wildman–Crippen LogP) is 4.90. The summed E-state index contributed by atoms with van der Waals surface area (Å²) >= 11 is 0. The van der Waals surface area contributed by atoms with Crippen LogP contribution in [-0.4, -0.2) is 36.1 Å². The highest BCUT2D eigenvalue weighted by Crippen LogP contribution is 2.25. The van der Waals surface area contributed by atoms with E-state index in [1.54, 1.807) is 0 Å². The number of aryl methyl sites for hydroxylation is 1. The van der Waals surface area contributed by atoms with Crippen LogP contribution in [0.5, 0.6) is 0 Å². The standard InChI is InChI=1S/C22H31N5/c1-18-23-21(17-22(24-18)27-15-5-2-3-6-16-27)25-19-9-11-20(12-10-19)26-13-7-4-8-14-26/h9-12,17H,2-8,13-16H2,1H3,(H,23,24,25). The number of anilines is 4. The van der Waals surface area contributed by atoms with Gasteiger partial charge in [-0.1, -0.05) is 12.8 Å². The molecule has 2 aliphatic rings. The molecule has 2 saturated heterocycles. The first-order chi connectivity index (χ1) is 13.3. The number of hydrogen-bond acceptors (Lipinski definition) is 5. The zero-order chi connectivity index (χ0) is 18.5. The molecular weight excluding hydrogens is 334 g/mol. The van der Waals surface area contributed by atoms with Gasteiger partial charge >= 0.3 is 0 Å². The summed E-state index contributed by atoms with van der Waals surface area (Å²) in [4.78, 5) is 14.2. The molecule has 5 nitrogen and oxygen atoms in total. The Hall–Kier alpha value is -2.30. The van der Waals surface area contributed by atoms with Gasteiger partial charge in [-0.3, -0.25) is 0 Å². The Morgan fingerprint density at radius 3 is 2.00 bits per heavy atom. The molecule has 5 heteroatoms. The highest BCUT2D eigenvalue weighted by molar-refractivity contribution is 5.63. The number of nitrogens with zero attached hydrogens (tertiary/aromatic N) is 4. The van der Waals surface area contributed by atoms with E-state index in [4.69, 9.17) is 0 Å². The van der Waals surface area contributed by atoms with Crippen molar-refractivity contribution in [3.63, 3.8) is 0 Å². The summed E-state index contributed by atoms with van der Waals surface area (Å²) in [6, 6.07) is 10.9. The van der Waals surface area contributed by atoms with Gasteiger partial charge in [0.2, 0.25) is 0 Å². The van der Waals surface area contributed by atoms with Crippen LogP contribution in [0.2, 0.25) is 0 Å². The lowest BCUT2D eigenvalue weighted by Gasteiger charge is -2.28. The molecule has 27 heavy (non-hydrogen) atoms. The van der Waals surface area contributed by atoms with Crippen LogP contribution in [0.3, 0.4) is 0 Å². The number of piperidine rings is 1. The highest BCUT2D eigenvalue weighted by Gasteiger charge is 2.14. The second-order valence-electron chi connectivity index (χ2n) is 7.78. The number of nitrogens with one attached hydrogen (secondary N) is 1. The molecule has 2 aliphatic heterocycles. The maximum absolute atomic E-state index is 4.68. The minimum absolute atomic E-state index is 0.823. The molecule has 0 unspecified atom stereocenters. The van der Waals surface area contributed by atoms with Crippen molar-refractivity contribution in [2.45, 2.75) is 51.9 Å². The van der Waals surface area contributed by atoms with Gasteiger partial charge in [0.1, 0.15) is 17.5 Å². The van der Waals surface area contributed by atoms with Gasteiger partial charge in [-0.2, -0.15) is 0 Å². The Labute approximate surface area is 162 Å². The number of hydrogen-bond donors (Lipinski definition) is 1. The van der Waals surface area contributed by atoms with Crippen molar-refractivity contribution in [1.82, 2.24) is 9.97 Å². The zero-order valence-corrected chi connectivity index (χ0v) is 16.5. The summed E-state index contributed by atoms with van der Waals surface area (Å²) in [6.07, 6.45) is 9.14. The van der Waals surface area contributed by atoms with E-state index >= 15 is 0 Å². The van der Waals surface area contributed by atoms with Gasteiger partial charge in [0.25, 0.3) is 0 Å². The normalized spacial score (nSPS) is 18.3. The van der Waals surface area contributed by atoms with Gasteiger partial charge in [0.05, 0.1) is 0 Å². The molecule has 0 atom stereocenters. The molecule has 0 aliphatic carbocycles. The summed E-state index contributed by atoms with van der Waals surface area (Å²) in [5.74, 6) is 2.76. The lowest BCUT2D eigenvalue weighted by Crippen LogP contribution is -2.29. The molecule has 0 spiro atoms. The first kappa shape index (κ1) is 18.1. The van der Waals surface area contributed by atoms with E-state index < -0.39 is 0 Å². The minimum Gasteiger partial charge on any atom is -0.372 e. The molecule has 1 aromatic heterocycles. The van der Waals surface area contributed by atoms with Gasteiger partial charge in [-0.05, 0) is 63.3 Å². The third-order valence-electron chi connectivity index (χ3n) is 5.62. The fourth-order valence-corrected chi connectivity index (χ4v) is 4.13. The molecule has 2 fully saturated rings. The van der Waals surface area contributed by atoms with Crippen molar-refractivity contribution in [3.8, 4) is 0 Å². The maximum Gasteiger partial charge on any atom is 0.136 e. The molecule has 2 aromatic rings. The lowest BCUT2D eigenvalue weighted by molar-refractivity contribution is 0.578. The van der Waals surface area contributed by atoms with E-state index in [1.165, 1.54) is 63.7 Å². The van der Waals surface area contributed by atoms with E-state index in [1.807, 2.05) is 6.92 Å². The van der Waals surface area contributed by atoms with E-state index in [9.17, 15) is 0 Å². The van der Waals surface area contributed by atoms with Crippen LogP contribution in [0.1, 0.15) is 50.8 Å². The molecule has 0 radical (unpaired) electrons. The van der Waals surface area contributed by atoms with E-state index in [0.717, 1.165) is 36.2 Å². The largest absolute Gasteiger partial charge is 0.372 e. The molecule has 0 bridgehead atoms. The Morgan fingerprint density at radius 2 is 1.33 bits per heavy atom. The Morgan fingerprint density at radius 1 is 0.741 bits per heavy atom. The van der Waals surface area contributed by atoms with Gasteiger partial charge < -0.3 is 15.1 Å². The van der Waals surface area contributed by atoms with Crippen LogP contribution in [0, 0.1) is 6.92 Å². The Balaban J connectivity index is 1.47. The average Bonchev–Trinajstić information content (AvgIpc) is 2.98. The van der Waals surface area contributed by atoms with Crippen LogP contribution in [0.4, 0.5) is 23.0 Å². The summed E-state index contributed by atoms with van der Waals surface area (Å²) in [5.41, 5.74) is 2.40. The van der Waals surface area contributed by atoms with Crippen molar-refractivity contribution in [2.75, 3.05) is 41.3 Å². The monoisotopic (exact) mass is 365 g/mol. The minimum atomic E-state index is 0.823. The molecule has 4 rings (SSSR count). The molecular formula is C22H31N5. The average molecular weight is 366 g/mol. The van der Waals surface area contributed by atoms with Crippen molar-refractivity contribution in [3.05, 3.63) is 36.2 Å². The van der Waals surface area contributed by atoms with Crippen LogP contribution in [0.15, 0.2) is 30.3 Å². The maximum atomic E-state index is 4.68. The SMILES string of the molecule is Cc1nc(Nc2ccc(N3CCCCC3)cc2)cc(N2CCCCCC2)n1. The fraction of sp³-hybridized carbons (Fsp3) is 0.545. The van der Waals surface area contributed by atoms with Gasteiger partial charge in [-0.15, -0.1) is 0 Å². The second kappa shape index (κ2) is 8.59. The van der Waals surface area contributed by atoms with Crippen molar-refractivity contribution in [1.29, 1.82) is 0 Å². The Kier molecular flexibility index (Phi) is 5.75. The summed E-state index contributed by atoms with van der Waals surface area (Å²) in [7, 11) is 0. The summed E-state index contributed by atoms with van der Waals surface area (Å²) < 4.78 is 0. The van der Waals surface area contributed by atoms with Crippen LogP contribution in [-0.2, 0) is 0 Å². The topological polar surface area (TPSA) is 44.3 Å². The number of rotatable bonds is 4. The molecule has 0 amide bonds. The molecule has 1 N–H and O–H groups in total.